The lowest BCUT2D eigenvalue weighted by Crippen LogP contribution is -2.38. The molecule has 1 fully saturated rings. The Morgan fingerprint density at radius 1 is 1.19 bits per heavy atom. The molecule has 1 aliphatic heterocycles. The van der Waals surface area contributed by atoms with Crippen LogP contribution in [0.4, 0.5) is 19.0 Å². The van der Waals surface area contributed by atoms with Crippen LogP contribution in [0.5, 0.6) is 0 Å². The average Bonchev–Trinajstić information content (AvgIpc) is 3.46. The second kappa shape index (κ2) is 6.41. The molecular weight excluding hydrogens is 339 g/mol. The van der Waals surface area contributed by atoms with E-state index in [1.54, 1.807) is 19.2 Å². The number of fused-ring (bicyclic) bond motifs is 1. The molecule has 1 aromatic carbocycles. The summed E-state index contributed by atoms with van der Waals surface area (Å²) in [6.45, 7) is 3.69. The molecule has 2 heterocycles. The first-order valence-electron chi connectivity index (χ1n) is 8.85. The zero-order chi connectivity index (χ0) is 18.4. The predicted octanol–water partition coefficient (Wildman–Crippen LogP) is 5.38. The molecule has 26 heavy (non-hydrogen) atoms. The maximum Gasteiger partial charge on any atom is 0.266 e. The number of pyridine rings is 1. The van der Waals surface area contributed by atoms with Crippen molar-refractivity contribution in [1.82, 2.24) is 4.98 Å². The molecule has 2 atom stereocenters. The molecular formula is C20H20F3N3. The molecule has 3 nitrogen and oxygen atoms in total. The van der Waals surface area contributed by atoms with Crippen LogP contribution in [-0.4, -0.2) is 17.4 Å². The Morgan fingerprint density at radius 2 is 1.92 bits per heavy atom. The van der Waals surface area contributed by atoms with Crippen LogP contribution in [0.2, 0.25) is 0 Å². The standard InChI is InChI=1S/C20H20F3N3/c1-11(16-4-3-5-17(18(16)21)19(22)23)26-12(2)24-10-15-8-14(13-6-7-13)9-25-20(15)26/h3-5,8-13,19H,6-7H2,1-2H3/t11?,12-/m1/s1. The summed E-state index contributed by atoms with van der Waals surface area (Å²) in [5.74, 6) is 0.436. The fraction of sp³-hybridized carbons (Fsp3) is 0.400. The minimum Gasteiger partial charge on any atom is -0.327 e. The highest BCUT2D eigenvalue weighted by atomic mass is 19.3. The van der Waals surface area contributed by atoms with Crippen LogP contribution < -0.4 is 4.90 Å². The SMILES string of the molecule is CC(c1cccc(C(F)F)c1F)N1c2ncc(C3CC3)cc2C=N[C@H]1C. The maximum absolute atomic E-state index is 14.6. The van der Waals surface area contributed by atoms with E-state index >= 15 is 0 Å². The summed E-state index contributed by atoms with van der Waals surface area (Å²) in [6.07, 6.45) is 2.93. The van der Waals surface area contributed by atoms with Gasteiger partial charge >= 0.3 is 0 Å². The normalized spacial score (nSPS) is 20.4. The second-order valence-electron chi connectivity index (χ2n) is 7.00. The molecule has 1 saturated carbocycles. The molecule has 136 valence electrons. The van der Waals surface area contributed by atoms with Crippen molar-refractivity contribution in [3.05, 3.63) is 58.5 Å². The van der Waals surface area contributed by atoms with Crippen molar-refractivity contribution in [2.75, 3.05) is 4.90 Å². The summed E-state index contributed by atoms with van der Waals surface area (Å²) in [4.78, 5) is 11.0. The third kappa shape index (κ3) is 2.87. The fourth-order valence-electron chi connectivity index (χ4n) is 3.60. The van der Waals surface area contributed by atoms with Gasteiger partial charge in [0.2, 0.25) is 0 Å². The highest BCUT2D eigenvalue weighted by Gasteiger charge is 2.31. The van der Waals surface area contributed by atoms with E-state index in [2.05, 4.69) is 16.0 Å². The summed E-state index contributed by atoms with van der Waals surface area (Å²) >= 11 is 0. The number of hydrogen-bond acceptors (Lipinski definition) is 3. The predicted molar refractivity (Wildman–Crippen MR) is 95.5 cm³/mol. The number of aromatic nitrogens is 1. The van der Waals surface area contributed by atoms with Gasteiger partial charge in [-0.1, -0.05) is 18.2 Å². The van der Waals surface area contributed by atoms with Gasteiger partial charge in [0, 0.05) is 23.5 Å². The lowest BCUT2D eigenvalue weighted by atomic mass is 10.0. The largest absolute Gasteiger partial charge is 0.327 e. The molecule has 0 bridgehead atoms. The van der Waals surface area contributed by atoms with E-state index in [0.29, 0.717) is 11.7 Å². The molecule has 1 aliphatic carbocycles. The first kappa shape index (κ1) is 17.1. The van der Waals surface area contributed by atoms with Gasteiger partial charge in [0.15, 0.2) is 0 Å². The van der Waals surface area contributed by atoms with Gasteiger partial charge in [-0.25, -0.2) is 18.2 Å². The van der Waals surface area contributed by atoms with Gasteiger partial charge in [0.1, 0.15) is 17.8 Å². The van der Waals surface area contributed by atoms with Crippen molar-refractivity contribution in [1.29, 1.82) is 0 Å². The number of alkyl halides is 2. The monoisotopic (exact) mass is 359 g/mol. The average molecular weight is 359 g/mol. The first-order chi connectivity index (χ1) is 12.5. The van der Waals surface area contributed by atoms with E-state index in [9.17, 15) is 13.2 Å². The molecule has 1 unspecified atom stereocenters. The van der Waals surface area contributed by atoms with E-state index in [4.69, 9.17) is 0 Å². The Morgan fingerprint density at radius 3 is 2.62 bits per heavy atom. The van der Waals surface area contributed by atoms with Crippen LogP contribution in [0.1, 0.15) is 67.3 Å². The number of aliphatic imine (C=N–C) groups is 1. The topological polar surface area (TPSA) is 28.5 Å². The number of hydrogen-bond donors (Lipinski definition) is 0. The number of rotatable bonds is 4. The molecule has 2 aliphatic rings. The smallest absolute Gasteiger partial charge is 0.266 e. The summed E-state index contributed by atoms with van der Waals surface area (Å²) in [7, 11) is 0. The maximum atomic E-state index is 14.6. The Kier molecular flexibility index (Phi) is 4.21. The zero-order valence-electron chi connectivity index (χ0n) is 14.7. The van der Waals surface area contributed by atoms with Gasteiger partial charge in [-0.2, -0.15) is 0 Å². The van der Waals surface area contributed by atoms with Crippen LogP contribution in [0.3, 0.4) is 0 Å². The number of benzene rings is 1. The minimum absolute atomic E-state index is 0.228. The Hall–Kier alpha value is -2.37. The third-order valence-corrected chi connectivity index (χ3v) is 5.20. The van der Waals surface area contributed by atoms with E-state index in [1.807, 2.05) is 18.0 Å². The summed E-state index contributed by atoms with van der Waals surface area (Å²) in [5, 5.41) is 0. The molecule has 0 radical (unpaired) electrons. The minimum atomic E-state index is -2.84. The second-order valence-corrected chi connectivity index (χ2v) is 7.00. The van der Waals surface area contributed by atoms with Crippen molar-refractivity contribution in [3.63, 3.8) is 0 Å². The van der Waals surface area contributed by atoms with Crippen LogP contribution >= 0.6 is 0 Å². The van der Waals surface area contributed by atoms with E-state index in [0.717, 1.165) is 11.6 Å². The summed E-state index contributed by atoms with van der Waals surface area (Å²) in [6, 6.07) is 5.76. The van der Waals surface area contributed by atoms with E-state index < -0.39 is 23.8 Å². The summed E-state index contributed by atoms with van der Waals surface area (Å²) in [5.41, 5.74) is 1.75. The van der Waals surface area contributed by atoms with Gasteiger partial charge in [0.25, 0.3) is 6.43 Å². The first-order valence-corrected chi connectivity index (χ1v) is 8.85. The number of halogens is 3. The van der Waals surface area contributed by atoms with Gasteiger partial charge in [-0.15, -0.1) is 0 Å². The lowest BCUT2D eigenvalue weighted by molar-refractivity contribution is 0.146. The fourth-order valence-corrected chi connectivity index (χ4v) is 3.60. The van der Waals surface area contributed by atoms with Crippen LogP contribution in [0, 0.1) is 5.82 Å². The molecule has 0 saturated heterocycles. The molecule has 0 amide bonds. The van der Waals surface area contributed by atoms with Gasteiger partial charge in [0.05, 0.1) is 11.6 Å². The number of nitrogens with zero attached hydrogens (tertiary/aromatic N) is 3. The van der Waals surface area contributed by atoms with Gasteiger partial charge in [-0.3, -0.25) is 4.99 Å². The van der Waals surface area contributed by atoms with E-state index in [1.165, 1.54) is 24.5 Å². The van der Waals surface area contributed by atoms with Crippen LogP contribution in [-0.2, 0) is 0 Å². The number of anilines is 1. The Labute approximate surface area is 150 Å². The molecule has 6 heteroatoms. The van der Waals surface area contributed by atoms with Crippen molar-refractivity contribution in [3.8, 4) is 0 Å². The molecule has 2 aromatic rings. The Bertz CT molecular complexity index is 861. The summed E-state index contributed by atoms with van der Waals surface area (Å²) < 4.78 is 40.8. The highest BCUT2D eigenvalue weighted by molar-refractivity contribution is 5.89. The van der Waals surface area contributed by atoms with E-state index in [-0.39, 0.29) is 11.7 Å². The van der Waals surface area contributed by atoms with Gasteiger partial charge in [-0.05, 0) is 44.2 Å². The molecule has 0 spiro atoms. The highest BCUT2D eigenvalue weighted by Crippen LogP contribution is 2.42. The molecule has 0 N–H and O–H groups in total. The van der Waals surface area contributed by atoms with Crippen molar-refractivity contribution < 1.29 is 13.2 Å². The zero-order valence-corrected chi connectivity index (χ0v) is 14.7. The molecule has 1 aromatic heterocycles. The van der Waals surface area contributed by atoms with Crippen molar-refractivity contribution in [2.24, 2.45) is 4.99 Å². The van der Waals surface area contributed by atoms with Crippen LogP contribution in [0.15, 0.2) is 35.5 Å². The molecule has 4 rings (SSSR count). The van der Waals surface area contributed by atoms with Crippen molar-refractivity contribution >= 4 is 12.0 Å². The van der Waals surface area contributed by atoms with Crippen LogP contribution in [0.25, 0.3) is 0 Å². The quantitative estimate of drug-likeness (QED) is 0.733. The lowest BCUT2D eigenvalue weighted by Gasteiger charge is -2.37. The van der Waals surface area contributed by atoms with Crippen molar-refractivity contribution in [2.45, 2.75) is 51.2 Å². The third-order valence-electron chi connectivity index (χ3n) is 5.20. The Balaban J connectivity index is 1.73. The van der Waals surface area contributed by atoms with Gasteiger partial charge < -0.3 is 4.90 Å².